The number of benzene rings is 2. The van der Waals surface area contributed by atoms with Crippen LogP contribution >= 0.6 is 35.8 Å². The van der Waals surface area contributed by atoms with E-state index in [0.717, 1.165) is 15.0 Å². The minimum Gasteiger partial charge on any atom is -0.273 e. The van der Waals surface area contributed by atoms with Crippen molar-refractivity contribution < 1.29 is 0 Å². The lowest BCUT2D eigenvalue weighted by Gasteiger charge is -2.06. The van der Waals surface area contributed by atoms with Crippen LogP contribution < -0.4 is 0 Å². The molecule has 0 saturated carbocycles. The number of aromatic amines is 1. The van der Waals surface area contributed by atoms with Crippen molar-refractivity contribution in [3.63, 3.8) is 0 Å². The van der Waals surface area contributed by atoms with Crippen molar-refractivity contribution in [3.8, 4) is 5.69 Å². The monoisotopic (exact) mass is 276 g/mol. The van der Waals surface area contributed by atoms with Crippen LogP contribution in [0.4, 0.5) is 0 Å². The highest BCUT2D eigenvalue weighted by Gasteiger charge is 2.04. The summed E-state index contributed by atoms with van der Waals surface area (Å²) in [5.41, 5.74) is 1.04. The Morgan fingerprint density at radius 1 is 1.00 bits per heavy atom. The molecule has 0 aliphatic rings. The molecule has 84 valence electrons. The van der Waals surface area contributed by atoms with Gasteiger partial charge in [-0.15, -0.1) is 0 Å². The molecule has 1 N–H and O–H groups in total. The summed E-state index contributed by atoms with van der Waals surface area (Å²) in [6, 6.07) is 14.4. The number of fused-ring (bicyclic) bond motifs is 1. The molecule has 0 atom stereocenters. The van der Waals surface area contributed by atoms with Crippen LogP contribution in [0.15, 0.2) is 42.5 Å². The first kappa shape index (κ1) is 10.8. The smallest absolute Gasteiger partial charge is 0.183 e. The van der Waals surface area contributed by atoms with Crippen molar-refractivity contribution in [2.24, 2.45) is 0 Å². The van der Waals surface area contributed by atoms with Gasteiger partial charge < -0.3 is 0 Å². The predicted molar refractivity (Wildman–Crippen MR) is 77.2 cm³/mol. The highest BCUT2D eigenvalue weighted by Crippen LogP contribution is 2.22. The Hall–Kier alpha value is -1.30. The standard InChI is InChI=1S/C12H8N2S3/c15-11-13-14(12(16)17-11)10-7-3-5-8-4-1-2-6-9(8)10/h1-7H,(H,13,15). The molecule has 5 heteroatoms. The van der Waals surface area contributed by atoms with E-state index >= 15 is 0 Å². The second kappa shape index (κ2) is 4.18. The molecule has 0 saturated heterocycles. The maximum Gasteiger partial charge on any atom is 0.183 e. The first-order valence-electron chi connectivity index (χ1n) is 5.06. The van der Waals surface area contributed by atoms with Gasteiger partial charge in [0.2, 0.25) is 0 Å². The molecule has 17 heavy (non-hydrogen) atoms. The van der Waals surface area contributed by atoms with Gasteiger partial charge in [-0.2, -0.15) is 0 Å². The Bertz CT molecular complexity index is 790. The van der Waals surface area contributed by atoms with E-state index in [9.17, 15) is 0 Å². The molecule has 0 spiro atoms. The molecule has 0 aliphatic heterocycles. The topological polar surface area (TPSA) is 20.7 Å². The maximum absolute atomic E-state index is 5.30. The van der Waals surface area contributed by atoms with Gasteiger partial charge in [-0.3, -0.25) is 5.10 Å². The van der Waals surface area contributed by atoms with Crippen molar-refractivity contribution in [2.75, 3.05) is 0 Å². The van der Waals surface area contributed by atoms with Crippen LogP contribution in [0.2, 0.25) is 0 Å². The van der Waals surface area contributed by atoms with E-state index in [1.54, 1.807) is 0 Å². The molecule has 0 bridgehead atoms. The van der Waals surface area contributed by atoms with E-state index in [0.29, 0.717) is 3.95 Å². The molecule has 3 aromatic rings. The lowest BCUT2D eigenvalue weighted by Crippen LogP contribution is -1.96. The van der Waals surface area contributed by atoms with Crippen LogP contribution in [0.3, 0.4) is 0 Å². The third kappa shape index (κ3) is 1.86. The highest BCUT2D eigenvalue weighted by molar-refractivity contribution is 7.75. The third-order valence-corrected chi connectivity index (χ3v) is 3.98. The molecular weight excluding hydrogens is 268 g/mol. The summed E-state index contributed by atoms with van der Waals surface area (Å²) in [4.78, 5) is 0. The summed E-state index contributed by atoms with van der Waals surface area (Å²) in [7, 11) is 0. The molecule has 2 nitrogen and oxygen atoms in total. The van der Waals surface area contributed by atoms with Crippen molar-refractivity contribution in [2.45, 2.75) is 0 Å². The lowest BCUT2D eigenvalue weighted by atomic mass is 10.1. The summed E-state index contributed by atoms with van der Waals surface area (Å²) in [5.74, 6) is 0. The molecule has 0 aliphatic carbocycles. The van der Waals surface area contributed by atoms with Gasteiger partial charge in [0.05, 0.1) is 5.69 Å². The fraction of sp³-hybridized carbons (Fsp3) is 0. The number of aromatic nitrogens is 2. The molecule has 0 unspecified atom stereocenters. The van der Waals surface area contributed by atoms with Crippen LogP contribution in [-0.2, 0) is 0 Å². The van der Waals surface area contributed by atoms with Crippen molar-refractivity contribution in [3.05, 3.63) is 50.4 Å². The molecule has 0 radical (unpaired) electrons. The lowest BCUT2D eigenvalue weighted by molar-refractivity contribution is 0.871. The Kier molecular flexibility index (Phi) is 2.66. The van der Waals surface area contributed by atoms with Gasteiger partial charge in [0.25, 0.3) is 0 Å². The van der Waals surface area contributed by atoms with E-state index < -0.39 is 0 Å². The van der Waals surface area contributed by atoms with Gasteiger partial charge in [0, 0.05) is 5.39 Å². The zero-order valence-electron chi connectivity index (χ0n) is 8.71. The van der Waals surface area contributed by atoms with Crippen LogP contribution in [-0.4, -0.2) is 9.78 Å². The zero-order valence-corrected chi connectivity index (χ0v) is 11.2. The quantitative estimate of drug-likeness (QED) is 0.661. The fourth-order valence-electron chi connectivity index (χ4n) is 1.85. The van der Waals surface area contributed by atoms with E-state index in [2.05, 4.69) is 23.3 Å². The number of H-pyrrole nitrogens is 1. The minimum absolute atomic E-state index is 0.697. The van der Waals surface area contributed by atoms with Gasteiger partial charge in [0.15, 0.2) is 7.91 Å². The van der Waals surface area contributed by atoms with Crippen molar-refractivity contribution >= 4 is 46.5 Å². The zero-order chi connectivity index (χ0) is 11.8. The summed E-state index contributed by atoms with van der Waals surface area (Å²) in [6.45, 7) is 0. The molecule has 0 fully saturated rings. The third-order valence-electron chi connectivity index (χ3n) is 2.57. The van der Waals surface area contributed by atoms with Crippen molar-refractivity contribution in [1.29, 1.82) is 0 Å². The first-order chi connectivity index (χ1) is 8.25. The average molecular weight is 276 g/mol. The second-order valence-corrected chi connectivity index (χ2v) is 5.91. The molecule has 1 aromatic heterocycles. The summed E-state index contributed by atoms with van der Waals surface area (Å²) < 4.78 is 3.30. The number of rotatable bonds is 1. The molecule has 1 heterocycles. The Balaban J connectivity index is 2.42. The number of nitrogens with one attached hydrogen (secondary N) is 1. The minimum atomic E-state index is 0.697. The second-order valence-electron chi connectivity index (χ2n) is 3.60. The maximum atomic E-state index is 5.30. The normalized spacial score (nSPS) is 10.8. The Morgan fingerprint density at radius 2 is 1.76 bits per heavy atom. The first-order valence-corrected chi connectivity index (χ1v) is 6.69. The SMILES string of the molecule is S=c1[nH]n(-c2cccc3ccccc23)c(=S)s1. The van der Waals surface area contributed by atoms with Gasteiger partial charge >= 0.3 is 0 Å². The largest absolute Gasteiger partial charge is 0.273 e. The molecule has 0 amide bonds. The van der Waals surface area contributed by atoms with Gasteiger partial charge in [-0.25, -0.2) is 4.68 Å². The van der Waals surface area contributed by atoms with Gasteiger partial charge in [0.1, 0.15) is 0 Å². The summed E-state index contributed by atoms with van der Waals surface area (Å²) in [5, 5.41) is 5.45. The molecule has 3 rings (SSSR count). The molecular formula is C12H8N2S3. The molecule has 2 aromatic carbocycles. The van der Waals surface area contributed by atoms with Crippen LogP contribution in [0.25, 0.3) is 16.5 Å². The van der Waals surface area contributed by atoms with Crippen LogP contribution in [0, 0.1) is 7.91 Å². The summed E-state index contributed by atoms with van der Waals surface area (Å²) >= 11 is 11.8. The Labute approximate surface area is 112 Å². The van der Waals surface area contributed by atoms with Gasteiger partial charge in [-0.1, -0.05) is 47.7 Å². The van der Waals surface area contributed by atoms with E-state index in [1.807, 2.05) is 28.9 Å². The van der Waals surface area contributed by atoms with Crippen molar-refractivity contribution in [1.82, 2.24) is 9.78 Å². The number of hydrogen-bond acceptors (Lipinski definition) is 3. The van der Waals surface area contributed by atoms with E-state index in [1.165, 1.54) is 16.7 Å². The van der Waals surface area contributed by atoms with Crippen LogP contribution in [0.1, 0.15) is 0 Å². The van der Waals surface area contributed by atoms with E-state index in [4.69, 9.17) is 24.4 Å². The Morgan fingerprint density at radius 3 is 2.53 bits per heavy atom. The predicted octanol–water partition coefficient (Wildman–Crippen LogP) is 4.48. The summed E-state index contributed by atoms with van der Waals surface area (Å²) in [6.07, 6.45) is 0. The van der Waals surface area contributed by atoms with E-state index in [-0.39, 0.29) is 0 Å². The number of hydrogen-bond donors (Lipinski definition) is 1. The number of nitrogens with zero attached hydrogens (tertiary/aromatic N) is 1. The van der Waals surface area contributed by atoms with Crippen LogP contribution in [0.5, 0.6) is 0 Å². The fourth-order valence-corrected chi connectivity index (χ4v) is 3.26. The average Bonchev–Trinajstić information content (AvgIpc) is 2.68. The van der Waals surface area contributed by atoms with Gasteiger partial charge in [-0.05, 0) is 35.9 Å². The highest BCUT2D eigenvalue weighted by atomic mass is 32.2.